The van der Waals surface area contributed by atoms with Gasteiger partial charge >= 0.3 is 0 Å². The highest BCUT2D eigenvalue weighted by Gasteiger charge is 2.18. The van der Waals surface area contributed by atoms with Gasteiger partial charge in [0.1, 0.15) is 0 Å². The maximum atomic E-state index is 5.73. The van der Waals surface area contributed by atoms with Crippen molar-refractivity contribution in [3.63, 3.8) is 0 Å². The molecule has 0 aliphatic rings. The van der Waals surface area contributed by atoms with E-state index in [-0.39, 0.29) is 12.2 Å². The Balaban J connectivity index is 0.000000181. The van der Waals surface area contributed by atoms with E-state index in [4.69, 9.17) is 30.9 Å². The summed E-state index contributed by atoms with van der Waals surface area (Å²) in [7, 11) is 3.31. The zero-order valence-corrected chi connectivity index (χ0v) is 35.3. The van der Waals surface area contributed by atoms with Crippen LogP contribution in [0.2, 0.25) is 0 Å². The zero-order valence-electron chi connectivity index (χ0n) is 35.3. The number of nitrogens with zero attached hydrogens (tertiary/aromatic N) is 14. The van der Waals surface area contributed by atoms with E-state index in [1.807, 2.05) is 77.1 Å². The Morgan fingerprint density at radius 1 is 0.517 bits per heavy atom. The molecule has 0 bridgehead atoms. The molecular formula is C42H56N16O2. The summed E-state index contributed by atoms with van der Waals surface area (Å²) in [6.45, 7) is 10.8. The van der Waals surface area contributed by atoms with Gasteiger partial charge in [0, 0.05) is 74.4 Å². The molecule has 0 amide bonds. The Morgan fingerprint density at radius 3 is 1.28 bits per heavy atom. The Kier molecular flexibility index (Phi) is 13.5. The van der Waals surface area contributed by atoms with Crippen LogP contribution in [-0.4, -0.2) is 108 Å². The normalized spacial score (nSPS) is 12.8. The number of hydrogen-bond acceptors (Lipinski definition) is 12. The first-order valence-electron chi connectivity index (χ1n) is 20.6. The number of rotatable bonds is 18. The van der Waals surface area contributed by atoms with Gasteiger partial charge in [0.25, 0.3) is 0 Å². The van der Waals surface area contributed by atoms with Gasteiger partial charge in [0.2, 0.25) is 0 Å². The van der Waals surface area contributed by atoms with Crippen molar-refractivity contribution in [1.82, 2.24) is 68.3 Å². The lowest BCUT2D eigenvalue weighted by molar-refractivity contribution is 0.0913. The van der Waals surface area contributed by atoms with Crippen molar-refractivity contribution in [2.45, 2.75) is 90.8 Å². The number of nitrogens with two attached hydrogens (primary N) is 2. The predicted molar refractivity (Wildman–Crippen MR) is 230 cm³/mol. The molecule has 0 spiro atoms. The Bertz CT molecular complexity index is 2380. The SMILES string of the molecule is CCC(CC)n1cc(-c2nc(-c3cnn(C[C@@H](CN)OC)c3)cn3nccc23)cn1.CCC(CC)n1cc(-c2nc(-c3cnn(C[C@H](CN)OC)c3)cn3nccc23)cn1. The van der Waals surface area contributed by atoms with Gasteiger partial charge in [0.05, 0.1) is 121 Å². The molecule has 0 aliphatic carbocycles. The highest BCUT2D eigenvalue weighted by Crippen LogP contribution is 2.30. The maximum absolute atomic E-state index is 5.73. The molecule has 0 saturated carbocycles. The minimum atomic E-state index is -0.0780. The van der Waals surface area contributed by atoms with Crippen LogP contribution in [0.25, 0.3) is 56.1 Å². The third kappa shape index (κ3) is 9.06. The lowest BCUT2D eigenvalue weighted by atomic mass is 10.1. The molecule has 0 aliphatic heterocycles. The van der Waals surface area contributed by atoms with Crippen LogP contribution in [0.3, 0.4) is 0 Å². The van der Waals surface area contributed by atoms with Crippen molar-refractivity contribution in [3.8, 4) is 45.0 Å². The maximum Gasteiger partial charge on any atom is 0.0999 e. The van der Waals surface area contributed by atoms with Gasteiger partial charge in [-0.3, -0.25) is 18.7 Å². The second kappa shape index (κ2) is 19.3. The summed E-state index contributed by atoms with van der Waals surface area (Å²) in [4.78, 5) is 9.89. The topological polar surface area (TPSA) is 202 Å². The average Bonchev–Trinajstić information content (AvgIpc) is 4.14. The fourth-order valence-corrected chi connectivity index (χ4v) is 7.30. The van der Waals surface area contributed by atoms with Crippen LogP contribution in [0.4, 0.5) is 0 Å². The van der Waals surface area contributed by atoms with Crippen molar-refractivity contribution in [2.24, 2.45) is 11.5 Å². The van der Waals surface area contributed by atoms with Gasteiger partial charge in [0.15, 0.2) is 0 Å². The summed E-state index contributed by atoms with van der Waals surface area (Å²) in [6, 6.07) is 4.71. The quantitative estimate of drug-likeness (QED) is 0.109. The van der Waals surface area contributed by atoms with Crippen LogP contribution in [0.5, 0.6) is 0 Å². The molecule has 0 saturated heterocycles. The van der Waals surface area contributed by atoms with Gasteiger partial charge in [-0.1, -0.05) is 27.7 Å². The van der Waals surface area contributed by atoms with Crippen LogP contribution in [0, 0.1) is 0 Å². The molecule has 0 fully saturated rings. The van der Waals surface area contributed by atoms with E-state index in [2.05, 4.69) is 70.7 Å². The first-order valence-corrected chi connectivity index (χ1v) is 20.6. The molecule has 0 unspecified atom stereocenters. The molecule has 4 N–H and O–H groups in total. The number of hydrogen-bond donors (Lipinski definition) is 2. The third-order valence-corrected chi connectivity index (χ3v) is 11.0. The van der Waals surface area contributed by atoms with E-state index in [9.17, 15) is 0 Å². The zero-order chi connectivity index (χ0) is 42.2. The van der Waals surface area contributed by atoms with Gasteiger partial charge in [-0.2, -0.15) is 30.6 Å². The van der Waals surface area contributed by atoms with Crippen LogP contribution in [-0.2, 0) is 22.6 Å². The minimum absolute atomic E-state index is 0.0780. The van der Waals surface area contributed by atoms with Crippen molar-refractivity contribution < 1.29 is 9.47 Å². The van der Waals surface area contributed by atoms with Gasteiger partial charge < -0.3 is 20.9 Å². The molecule has 0 radical (unpaired) electrons. The smallest absolute Gasteiger partial charge is 0.0999 e. The largest absolute Gasteiger partial charge is 0.378 e. The molecule has 8 aromatic rings. The highest BCUT2D eigenvalue weighted by molar-refractivity contribution is 5.79. The first kappa shape index (κ1) is 42.1. The van der Waals surface area contributed by atoms with E-state index < -0.39 is 0 Å². The van der Waals surface area contributed by atoms with Gasteiger partial charge in [-0.05, 0) is 37.8 Å². The Morgan fingerprint density at radius 2 is 0.917 bits per heavy atom. The molecule has 316 valence electrons. The lowest BCUT2D eigenvalue weighted by Gasteiger charge is -2.12. The molecule has 8 rings (SSSR count). The average molecular weight is 817 g/mol. The van der Waals surface area contributed by atoms with Crippen LogP contribution in [0.15, 0.2) is 86.5 Å². The summed E-state index contributed by atoms with van der Waals surface area (Å²) in [5, 5.41) is 26.9. The fourth-order valence-electron chi connectivity index (χ4n) is 7.30. The van der Waals surface area contributed by atoms with Crippen molar-refractivity contribution in [1.29, 1.82) is 0 Å². The molecule has 2 atom stereocenters. The summed E-state index contributed by atoms with van der Waals surface area (Å²) in [5.74, 6) is 0. The fraction of sp³-hybridized carbons (Fsp3) is 0.429. The monoisotopic (exact) mass is 816 g/mol. The van der Waals surface area contributed by atoms with Gasteiger partial charge in [-0.15, -0.1) is 0 Å². The lowest BCUT2D eigenvalue weighted by Crippen LogP contribution is -2.27. The summed E-state index contributed by atoms with van der Waals surface area (Å²) < 4.78 is 22.1. The second-order valence-electron chi connectivity index (χ2n) is 14.7. The Labute approximate surface area is 349 Å². The van der Waals surface area contributed by atoms with Gasteiger partial charge in [-0.25, -0.2) is 19.0 Å². The van der Waals surface area contributed by atoms with Crippen LogP contribution < -0.4 is 11.5 Å². The van der Waals surface area contributed by atoms with E-state index in [0.29, 0.717) is 38.3 Å². The molecule has 8 aromatic heterocycles. The first-order chi connectivity index (χ1) is 29.3. The van der Waals surface area contributed by atoms with E-state index in [1.165, 1.54) is 0 Å². The standard InChI is InChI=1S/2C21H28N8O/c2*1-4-17(5-2)28-12-16(10-25-28)21-20-6-7-23-29(20)14-19(26-21)15-9-24-27(11-15)13-18(8-22)30-3/h2*6-7,9-12,14,17-18H,4-5,8,13,22H2,1-3H3/t2*18-/m10/s1. The van der Waals surface area contributed by atoms with E-state index in [1.54, 1.807) is 39.0 Å². The minimum Gasteiger partial charge on any atom is -0.378 e. The van der Waals surface area contributed by atoms with Crippen molar-refractivity contribution >= 4 is 11.0 Å². The van der Waals surface area contributed by atoms with E-state index in [0.717, 1.165) is 81.7 Å². The molecule has 60 heavy (non-hydrogen) atoms. The van der Waals surface area contributed by atoms with Crippen LogP contribution in [0.1, 0.15) is 65.5 Å². The van der Waals surface area contributed by atoms with E-state index >= 15 is 0 Å². The summed E-state index contributed by atoms with van der Waals surface area (Å²) >= 11 is 0. The summed E-state index contributed by atoms with van der Waals surface area (Å²) in [6.07, 6.45) is 26.8. The highest BCUT2D eigenvalue weighted by atomic mass is 16.5. The number of methoxy groups -OCH3 is 2. The number of ether oxygens (including phenoxy) is 2. The molecule has 18 nitrogen and oxygen atoms in total. The predicted octanol–water partition coefficient (Wildman–Crippen LogP) is 5.58. The number of fused-ring (bicyclic) bond motifs is 2. The second-order valence-corrected chi connectivity index (χ2v) is 14.7. The van der Waals surface area contributed by atoms with Crippen LogP contribution >= 0.6 is 0 Å². The van der Waals surface area contributed by atoms with Crippen molar-refractivity contribution in [3.05, 3.63) is 86.5 Å². The number of aromatic nitrogens is 14. The Hall–Kier alpha value is -6.08. The summed E-state index contributed by atoms with van der Waals surface area (Å²) in [5.41, 5.74) is 20.4. The molecule has 8 heterocycles. The van der Waals surface area contributed by atoms with Crippen molar-refractivity contribution in [2.75, 3.05) is 27.3 Å². The third-order valence-electron chi connectivity index (χ3n) is 11.0. The molecular weight excluding hydrogens is 761 g/mol. The molecule has 18 heteroatoms. The molecule has 0 aromatic carbocycles.